The van der Waals surface area contributed by atoms with Gasteiger partial charge in [0.2, 0.25) is 0 Å². The number of aromatic nitrogens is 1. The highest BCUT2D eigenvalue weighted by Gasteiger charge is 2.33. The Morgan fingerprint density at radius 1 is 1.26 bits per heavy atom. The van der Waals surface area contributed by atoms with Crippen LogP contribution in [0.15, 0.2) is 41.2 Å². The maximum Gasteiger partial charge on any atom is 0.255 e. The predicted octanol–water partition coefficient (Wildman–Crippen LogP) is 2.25. The Labute approximate surface area is 139 Å². The summed E-state index contributed by atoms with van der Waals surface area (Å²) in [6.07, 6.45) is -0.104. The van der Waals surface area contributed by atoms with E-state index in [9.17, 15) is 9.59 Å². The van der Waals surface area contributed by atoms with E-state index in [1.54, 1.807) is 40.8 Å². The molecule has 2 heterocycles. The summed E-state index contributed by atoms with van der Waals surface area (Å²) in [6.45, 7) is 2.82. The van der Waals surface area contributed by atoms with Crippen molar-refractivity contribution in [2.45, 2.75) is 13.0 Å². The second-order valence-electron chi connectivity index (χ2n) is 5.66. The first kappa shape index (κ1) is 15.6. The lowest BCUT2D eigenvalue weighted by molar-refractivity contribution is 0.0177. The molecule has 1 aliphatic rings. The largest absolute Gasteiger partial charge is 0.486 e. The van der Waals surface area contributed by atoms with E-state index < -0.39 is 0 Å². The number of aryl methyl sites for hydroxylation is 1. The molecule has 1 aromatic heterocycles. The van der Waals surface area contributed by atoms with Crippen molar-refractivity contribution in [2.75, 3.05) is 13.1 Å². The van der Waals surface area contributed by atoms with E-state index in [2.05, 4.69) is 0 Å². The Kier molecular flexibility index (Phi) is 4.13. The van der Waals surface area contributed by atoms with Crippen molar-refractivity contribution >= 4 is 17.5 Å². The van der Waals surface area contributed by atoms with Gasteiger partial charge in [-0.15, -0.1) is 0 Å². The molecular formula is C17H17ClN2O3. The van der Waals surface area contributed by atoms with E-state index in [0.29, 0.717) is 29.4 Å². The first-order valence-electron chi connectivity index (χ1n) is 7.34. The molecule has 0 bridgehead atoms. The van der Waals surface area contributed by atoms with Crippen molar-refractivity contribution < 1.29 is 9.53 Å². The van der Waals surface area contributed by atoms with Gasteiger partial charge in [0, 0.05) is 18.8 Å². The molecular weight excluding hydrogens is 316 g/mol. The van der Waals surface area contributed by atoms with Gasteiger partial charge in [0.15, 0.2) is 0 Å². The van der Waals surface area contributed by atoms with Gasteiger partial charge in [-0.2, -0.15) is 0 Å². The molecule has 0 saturated carbocycles. The fraction of sp³-hybridized carbons (Fsp3) is 0.294. The number of hydrogen-bond donors (Lipinski definition) is 0. The van der Waals surface area contributed by atoms with Crippen LogP contribution in [-0.2, 0) is 7.05 Å². The summed E-state index contributed by atoms with van der Waals surface area (Å²) in [4.78, 5) is 25.8. The second-order valence-corrected chi connectivity index (χ2v) is 6.07. The number of hydrogen-bond acceptors (Lipinski definition) is 3. The van der Waals surface area contributed by atoms with Crippen molar-refractivity contribution in [1.29, 1.82) is 0 Å². The van der Waals surface area contributed by atoms with Gasteiger partial charge in [-0.1, -0.05) is 23.7 Å². The normalized spacial score (nSPS) is 14.5. The number of carbonyl (C=O) groups excluding carboxylic acids is 1. The summed E-state index contributed by atoms with van der Waals surface area (Å²) in [5.74, 6) is 0.441. The van der Waals surface area contributed by atoms with Crippen molar-refractivity contribution in [3.63, 3.8) is 0 Å². The van der Waals surface area contributed by atoms with E-state index in [0.717, 1.165) is 5.69 Å². The van der Waals surface area contributed by atoms with Crippen LogP contribution in [0, 0.1) is 6.92 Å². The number of pyridine rings is 1. The van der Waals surface area contributed by atoms with Gasteiger partial charge in [0.25, 0.3) is 11.5 Å². The van der Waals surface area contributed by atoms with Crippen LogP contribution < -0.4 is 10.3 Å². The minimum atomic E-state index is -0.108. The Morgan fingerprint density at radius 2 is 1.96 bits per heavy atom. The minimum absolute atomic E-state index is 0.101. The SMILES string of the molecule is Cc1cc(OC2CN(C(=O)c3ccccc3Cl)C2)cc(=O)n1C. The van der Waals surface area contributed by atoms with Crippen molar-refractivity contribution in [3.05, 3.63) is 63.0 Å². The highest BCUT2D eigenvalue weighted by molar-refractivity contribution is 6.33. The molecule has 23 heavy (non-hydrogen) atoms. The average Bonchev–Trinajstić information content (AvgIpc) is 2.48. The van der Waals surface area contributed by atoms with Crippen LogP contribution in [0.3, 0.4) is 0 Å². The highest BCUT2D eigenvalue weighted by atomic mass is 35.5. The third-order valence-corrected chi connectivity index (χ3v) is 4.35. The van der Waals surface area contributed by atoms with Crippen LogP contribution in [0.4, 0.5) is 0 Å². The zero-order valence-electron chi connectivity index (χ0n) is 13.0. The molecule has 0 radical (unpaired) electrons. The summed E-state index contributed by atoms with van der Waals surface area (Å²) < 4.78 is 7.33. The lowest BCUT2D eigenvalue weighted by Gasteiger charge is -2.39. The molecule has 1 saturated heterocycles. The summed E-state index contributed by atoms with van der Waals surface area (Å²) in [5, 5.41) is 0.448. The maximum absolute atomic E-state index is 12.3. The van der Waals surface area contributed by atoms with Gasteiger partial charge < -0.3 is 14.2 Å². The fourth-order valence-electron chi connectivity index (χ4n) is 2.48. The number of benzene rings is 1. The van der Waals surface area contributed by atoms with Gasteiger partial charge in [0.05, 0.1) is 23.7 Å². The van der Waals surface area contributed by atoms with E-state index in [-0.39, 0.29) is 17.6 Å². The maximum atomic E-state index is 12.3. The molecule has 1 amide bonds. The Balaban J connectivity index is 1.63. The average molecular weight is 333 g/mol. The zero-order valence-corrected chi connectivity index (χ0v) is 13.7. The number of ether oxygens (including phenoxy) is 1. The van der Waals surface area contributed by atoms with Crippen LogP contribution in [0.1, 0.15) is 16.1 Å². The van der Waals surface area contributed by atoms with Crippen LogP contribution >= 0.6 is 11.6 Å². The van der Waals surface area contributed by atoms with Crippen molar-refractivity contribution in [2.24, 2.45) is 7.05 Å². The number of halogens is 1. The molecule has 0 atom stereocenters. The summed E-state index contributed by atoms with van der Waals surface area (Å²) >= 11 is 6.04. The zero-order chi connectivity index (χ0) is 16.6. The van der Waals surface area contributed by atoms with Gasteiger partial charge in [-0.25, -0.2) is 0 Å². The van der Waals surface area contributed by atoms with E-state index in [1.165, 1.54) is 6.07 Å². The molecule has 6 heteroatoms. The van der Waals surface area contributed by atoms with Gasteiger partial charge >= 0.3 is 0 Å². The minimum Gasteiger partial charge on any atom is -0.486 e. The fourth-order valence-corrected chi connectivity index (χ4v) is 2.70. The number of nitrogens with zero attached hydrogens (tertiary/aromatic N) is 2. The molecule has 2 aromatic rings. The van der Waals surface area contributed by atoms with Gasteiger partial charge in [0.1, 0.15) is 11.9 Å². The number of likely N-dealkylation sites (tertiary alicyclic amines) is 1. The Bertz CT molecular complexity index is 810. The first-order valence-corrected chi connectivity index (χ1v) is 7.71. The number of amides is 1. The molecule has 0 N–H and O–H groups in total. The summed E-state index contributed by atoms with van der Waals surface area (Å²) in [5.41, 5.74) is 1.22. The van der Waals surface area contributed by atoms with E-state index >= 15 is 0 Å². The van der Waals surface area contributed by atoms with Crippen LogP contribution in [-0.4, -0.2) is 34.6 Å². The molecule has 5 nitrogen and oxygen atoms in total. The van der Waals surface area contributed by atoms with Crippen LogP contribution in [0.2, 0.25) is 5.02 Å². The monoisotopic (exact) mass is 332 g/mol. The third kappa shape index (κ3) is 3.10. The van der Waals surface area contributed by atoms with Gasteiger partial charge in [-0.05, 0) is 25.1 Å². The lowest BCUT2D eigenvalue weighted by Crippen LogP contribution is -2.56. The van der Waals surface area contributed by atoms with Crippen LogP contribution in [0.25, 0.3) is 0 Å². The standard InChI is InChI=1S/C17H17ClN2O3/c1-11-7-12(8-16(21)19(11)2)23-13-9-20(10-13)17(22)14-5-3-4-6-15(14)18/h3-8,13H,9-10H2,1-2H3. The summed E-state index contributed by atoms with van der Waals surface area (Å²) in [6, 6.07) is 10.3. The Morgan fingerprint density at radius 3 is 2.61 bits per heavy atom. The van der Waals surface area contributed by atoms with Crippen molar-refractivity contribution in [1.82, 2.24) is 9.47 Å². The molecule has 0 spiro atoms. The Hall–Kier alpha value is -2.27. The molecule has 0 unspecified atom stereocenters. The van der Waals surface area contributed by atoms with E-state index in [1.807, 2.05) is 13.0 Å². The predicted molar refractivity (Wildman–Crippen MR) is 88.2 cm³/mol. The molecule has 1 aromatic carbocycles. The molecule has 3 rings (SSSR count). The van der Waals surface area contributed by atoms with Gasteiger partial charge in [-0.3, -0.25) is 9.59 Å². The second kappa shape index (κ2) is 6.08. The quantitative estimate of drug-likeness (QED) is 0.866. The number of rotatable bonds is 3. The van der Waals surface area contributed by atoms with E-state index in [4.69, 9.17) is 16.3 Å². The third-order valence-electron chi connectivity index (χ3n) is 4.02. The topological polar surface area (TPSA) is 51.5 Å². The molecule has 1 aliphatic heterocycles. The smallest absolute Gasteiger partial charge is 0.255 e. The molecule has 120 valence electrons. The lowest BCUT2D eigenvalue weighted by atomic mass is 10.1. The first-order chi connectivity index (χ1) is 11.0. The van der Waals surface area contributed by atoms with Crippen LogP contribution in [0.5, 0.6) is 5.75 Å². The number of carbonyl (C=O) groups is 1. The molecule has 1 fully saturated rings. The highest BCUT2D eigenvalue weighted by Crippen LogP contribution is 2.22. The molecule has 0 aliphatic carbocycles. The summed E-state index contributed by atoms with van der Waals surface area (Å²) in [7, 11) is 1.72. The van der Waals surface area contributed by atoms with Crippen molar-refractivity contribution in [3.8, 4) is 5.75 Å².